The lowest BCUT2D eigenvalue weighted by Crippen LogP contribution is -2.16. The molecule has 1 N–H and O–H groups in total. The minimum Gasteiger partial charge on any atom is -0.383 e. The number of nitrogens with one attached hydrogen (secondary N) is 1. The molecule has 0 aliphatic heterocycles. The highest BCUT2D eigenvalue weighted by atomic mass is 32.2. The smallest absolute Gasteiger partial charge is 0.189 e. The zero-order valence-electron chi connectivity index (χ0n) is 11.2. The first kappa shape index (κ1) is 14.3. The van der Waals surface area contributed by atoms with Crippen LogP contribution in [0.4, 0.5) is 5.82 Å². The molecule has 17 heavy (non-hydrogen) atoms. The predicted octanol–water partition coefficient (Wildman–Crippen LogP) is 2.55. The number of ether oxygens (including phenoxy) is 1. The van der Waals surface area contributed by atoms with Crippen LogP contribution in [0.1, 0.15) is 26.5 Å². The molecule has 0 bridgehead atoms. The molecule has 0 saturated heterocycles. The van der Waals surface area contributed by atoms with Gasteiger partial charge in [-0.2, -0.15) is 0 Å². The summed E-state index contributed by atoms with van der Waals surface area (Å²) in [5.74, 6) is 0.867. The van der Waals surface area contributed by atoms with Crippen LogP contribution in [-0.4, -0.2) is 36.5 Å². The van der Waals surface area contributed by atoms with Gasteiger partial charge in [0.25, 0.3) is 0 Å². The summed E-state index contributed by atoms with van der Waals surface area (Å²) in [5, 5.41) is 4.05. The maximum atomic E-state index is 5.01. The number of hydrogen-bond acceptors (Lipinski definition) is 5. The minimum absolute atomic E-state index is 0.0328. The molecule has 0 aliphatic rings. The zero-order chi connectivity index (χ0) is 12.9. The molecule has 0 fully saturated rings. The summed E-state index contributed by atoms with van der Waals surface area (Å²) in [5.41, 5.74) is 1.09. The Morgan fingerprint density at radius 3 is 2.59 bits per heavy atom. The lowest BCUT2D eigenvalue weighted by Gasteiger charge is -2.19. The number of thioether (sulfide) groups is 1. The van der Waals surface area contributed by atoms with Crippen molar-refractivity contribution in [2.45, 2.75) is 31.3 Å². The van der Waals surface area contributed by atoms with Gasteiger partial charge in [-0.1, -0.05) is 32.5 Å². The van der Waals surface area contributed by atoms with E-state index in [0.29, 0.717) is 6.61 Å². The molecule has 0 radical (unpaired) electrons. The van der Waals surface area contributed by atoms with E-state index < -0.39 is 0 Å². The van der Waals surface area contributed by atoms with Crippen LogP contribution in [0.5, 0.6) is 0 Å². The van der Waals surface area contributed by atoms with Gasteiger partial charge in [0.2, 0.25) is 0 Å². The van der Waals surface area contributed by atoms with Gasteiger partial charge in [0, 0.05) is 25.1 Å². The zero-order valence-corrected chi connectivity index (χ0v) is 12.0. The highest BCUT2D eigenvalue weighted by molar-refractivity contribution is 7.98. The monoisotopic (exact) mass is 255 g/mol. The lowest BCUT2D eigenvalue weighted by atomic mass is 9.92. The van der Waals surface area contributed by atoms with E-state index in [4.69, 9.17) is 4.74 Å². The topological polar surface area (TPSA) is 47.0 Å². The van der Waals surface area contributed by atoms with Crippen molar-refractivity contribution >= 4 is 17.6 Å². The van der Waals surface area contributed by atoms with Crippen molar-refractivity contribution in [1.29, 1.82) is 0 Å². The third-order valence-corrected chi connectivity index (χ3v) is 2.82. The average molecular weight is 255 g/mol. The van der Waals surface area contributed by atoms with Crippen LogP contribution in [0.2, 0.25) is 0 Å². The summed E-state index contributed by atoms with van der Waals surface area (Å²) in [6, 6.07) is 2.01. The third-order valence-electron chi connectivity index (χ3n) is 2.27. The molecule has 0 aromatic carbocycles. The van der Waals surface area contributed by atoms with Crippen molar-refractivity contribution in [2.24, 2.45) is 0 Å². The highest BCUT2D eigenvalue weighted by Gasteiger charge is 2.17. The van der Waals surface area contributed by atoms with E-state index in [-0.39, 0.29) is 5.41 Å². The van der Waals surface area contributed by atoms with Crippen LogP contribution in [0.15, 0.2) is 11.2 Å². The van der Waals surface area contributed by atoms with E-state index in [9.17, 15) is 0 Å². The summed E-state index contributed by atoms with van der Waals surface area (Å²) in [6.07, 6.45) is 1.99. The normalized spacial score (nSPS) is 11.6. The highest BCUT2D eigenvalue weighted by Crippen LogP contribution is 2.24. The Labute approximate surface area is 108 Å². The second-order valence-electron chi connectivity index (χ2n) is 4.79. The quantitative estimate of drug-likeness (QED) is 0.498. The molecule has 1 heterocycles. The number of rotatable bonds is 5. The average Bonchev–Trinajstić information content (AvgIpc) is 2.28. The molecular weight excluding hydrogens is 234 g/mol. The fraction of sp³-hybridized carbons (Fsp3) is 0.667. The van der Waals surface area contributed by atoms with Crippen molar-refractivity contribution in [3.63, 3.8) is 0 Å². The molecule has 1 rings (SSSR count). The van der Waals surface area contributed by atoms with Crippen molar-refractivity contribution < 1.29 is 4.74 Å². The summed E-state index contributed by atoms with van der Waals surface area (Å²) < 4.78 is 5.01. The summed E-state index contributed by atoms with van der Waals surface area (Å²) in [4.78, 5) is 8.95. The van der Waals surface area contributed by atoms with Gasteiger partial charge in [0.1, 0.15) is 5.82 Å². The van der Waals surface area contributed by atoms with E-state index in [0.717, 1.165) is 23.2 Å². The van der Waals surface area contributed by atoms with E-state index in [1.165, 1.54) is 0 Å². The van der Waals surface area contributed by atoms with Gasteiger partial charge in [0.05, 0.1) is 12.3 Å². The van der Waals surface area contributed by atoms with Gasteiger partial charge in [-0.15, -0.1) is 0 Å². The number of nitrogens with zero attached hydrogens (tertiary/aromatic N) is 2. The van der Waals surface area contributed by atoms with Gasteiger partial charge in [0.15, 0.2) is 5.16 Å². The first-order valence-corrected chi connectivity index (χ1v) is 6.86. The van der Waals surface area contributed by atoms with Gasteiger partial charge >= 0.3 is 0 Å². The molecule has 96 valence electrons. The van der Waals surface area contributed by atoms with Gasteiger partial charge < -0.3 is 10.1 Å². The third kappa shape index (κ3) is 4.52. The van der Waals surface area contributed by atoms with Crippen molar-refractivity contribution in [2.75, 3.05) is 31.8 Å². The Morgan fingerprint density at radius 1 is 1.35 bits per heavy atom. The second kappa shape index (κ2) is 6.21. The lowest BCUT2D eigenvalue weighted by molar-refractivity contribution is 0.210. The predicted molar refractivity (Wildman–Crippen MR) is 72.9 cm³/mol. The number of hydrogen-bond donors (Lipinski definition) is 1. The van der Waals surface area contributed by atoms with Gasteiger partial charge in [-0.25, -0.2) is 9.97 Å². The molecule has 0 unspecified atom stereocenters. The van der Waals surface area contributed by atoms with Crippen molar-refractivity contribution in [3.8, 4) is 0 Å². The van der Waals surface area contributed by atoms with Crippen molar-refractivity contribution in [1.82, 2.24) is 9.97 Å². The van der Waals surface area contributed by atoms with Crippen LogP contribution < -0.4 is 5.32 Å². The number of methoxy groups -OCH3 is 1. The fourth-order valence-electron chi connectivity index (χ4n) is 1.27. The summed E-state index contributed by atoms with van der Waals surface area (Å²) >= 11 is 1.56. The minimum atomic E-state index is 0.0328. The van der Waals surface area contributed by atoms with Crippen LogP contribution in [-0.2, 0) is 10.2 Å². The first-order chi connectivity index (χ1) is 7.97. The molecule has 1 aromatic heterocycles. The van der Waals surface area contributed by atoms with Gasteiger partial charge in [-0.3, -0.25) is 0 Å². The van der Waals surface area contributed by atoms with Crippen LogP contribution in [0.3, 0.4) is 0 Å². The fourth-order valence-corrected chi connectivity index (χ4v) is 1.65. The SMILES string of the molecule is COCCNc1cc(C(C)(C)C)nc(SC)n1. The maximum absolute atomic E-state index is 5.01. The van der Waals surface area contributed by atoms with E-state index in [2.05, 4.69) is 36.1 Å². The Balaban J connectivity index is 2.89. The Hall–Kier alpha value is -0.810. The number of anilines is 1. The Kier molecular flexibility index (Phi) is 5.21. The Bertz CT molecular complexity index is 363. The molecule has 0 spiro atoms. The van der Waals surface area contributed by atoms with Crippen LogP contribution in [0, 0.1) is 0 Å². The van der Waals surface area contributed by atoms with Crippen LogP contribution in [0.25, 0.3) is 0 Å². The van der Waals surface area contributed by atoms with Crippen LogP contribution >= 0.6 is 11.8 Å². The maximum Gasteiger partial charge on any atom is 0.189 e. The molecule has 0 saturated carbocycles. The molecule has 0 aliphatic carbocycles. The second-order valence-corrected chi connectivity index (χ2v) is 5.57. The van der Waals surface area contributed by atoms with Gasteiger partial charge in [-0.05, 0) is 6.26 Å². The molecule has 5 heteroatoms. The largest absolute Gasteiger partial charge is 0.383 e. The van der Waals surface area contributed by atoms with E-state index >= 15 is 0 Å². The molecule has 0 amide bonds. The molecule has 4 nitrogen and oxygen atoms in total. The molecular formula is C12H21N3OS. The van der Waals surface area contributed by atoms with E-state index in [1.807, 2.05) is 12.3 Å². The standard InChI is InChI=1S/C12H21N3OS/c1-12(2,3)9-8-10(13-6-7-16-4)15-11(14-9)17-5/h8H,6-7H2,1-5H3,(H,13,14,15). The Morgan fingerprint density at radius 2 is 2.06 bits per heavy atom. The number of aromatic nitrogens is 2. The molecule has 1 aromatic rings. The molecule has 0 atom stereocenters. The summed E-state index contributed by atoms with van der Waals surface area (Å²) in [6.45, 7) is 7.88. The summed E-state index contributed by atoms with van der Waals surface area (Å²) in [7, 11) is 1.69. The van der Waals surface area contributed by atoms with Crippen molar-refractivity contribution in [3.05, 3.63) is 11.8 Å². The van der Waals surface area contributed by atoms with E-state index in [1.54, 1.807) is 18.9 Å². The first-order valence-electron chi connectivity index (χ1n) is 5.63.